The van der Waals surface area contributed by atoms with Gasteiger partial charge in [-0.15, -0.1) is 0 Å². The Hall–Kier alpha value is -7.32. The lowest BCUT2D eigenvalue weighted by Gasteiger charge is -2.29. The van der Waals surface area contributed by atoms with Crippen LogP contribution in [0.5, 0.6) is 23.0 Å². The summed E-state index contributed by atoms with van der Waals surface area (Å²) in [6.45, 7) is 42.7. The predicted molar refractivity (Wildman–Crippen MR) is 355 cm³/mol. The fourth-order valence-electron chi connectivity index (χ4n) is 11.1. The summed E-state index contributed by atoms with van der Waals surface area (Å²) < 4.78 is 29.6. The number of hydrogen-bond acceptors (Lipinski definition) is 8. The molecule has 1 aliphatic rings. The first kappa shape index (κ1) is 63.2. The average Bonchev–Trinajstić information content (AvgIpc) is 0.971. The van der Waals surface area contributed by atoms with Gasteiger partial charge in [-0.1, -0.05) is 196 Å². The second-order valence-corrected chi connectivity index (χ2v) is 28.8. The molecule has 0 amide bonds. The number of aryl methyl sites for hydroxylation is 2. The summed E-state index contributed by atoms with van der Waals surface area (Å²) in [6, 6.07) is 43.8. The van der Waals surface area contributed by atoms with Crippen molar-refractivity contribution in [2.45, 2.75) is 198 Å². The first-order valence-corrected chi connectivity index (χ1v) is 31.6. The molecule has 0 fully saturated rings. The van der Waals surface area contributed by atoms with Crippen molar-refractivity contribution in [3.63, 3.8) is 0 Å². The van der Waals surface area contributed by atoms with Gasteiger partial charge >= 0.3 is 0 Å². The Balaban J connectivity index is 1.34. The van der Waals surface area contributed by atoms with E-state index in [-0.39, 0.29) is 34.9 Å². The molecule has 4 heterocycles. The van der Waals surface area contributed by atoms with Gasteiger partial charge in [0.05, 0.1) is 47.4 Å². The van der Waals surface area contributed by atoms with Gasteiger partial charge < -0.3 is 18.9 Å². The molecule has 0 saturated heterocycles. The minimum Gasteiger partial charge on any atom is -0.493 e. The summed E-state index contributed by atoms with van der Waals surface area (Å²) in [5.41, 5.74) is 20.0. The normalized spacial score (nSPS) is 13.7. The van der Waals surface area contributed by atoms with Gasteiger partial charge in [0.2, 0.25) is 0 Å². The number of rotatable bonds is 16. The number of benzene rings is 4. The van der Waals surface area contributed by atoms with E-state index in [1.165, 1.54) is 22.3 Å². The van der Waals surface area contributed by atoms with E-state index in [1.807, 2.05) is 62.4 Å². The highest BCUT2D eigenvalue weighted by atomic mass is 16.5. The van der Waals surface area contributed by atoms with Crippen LogP contribution in [0.15, 0.2) is 121 Å². The van der Waals surface area contributed by atoms with E-state index < -0.39 is 0 Å². The summed E-state index contributed by atoms with van der Waals surface area (Å²) >= 11 is 0. The first-order valence-electron chi connectivity index (χ1n) is 31.6. The Labute approximate surface area is 516 Å². The maximum atomic E-state index is 7.44. The van der Waals surface area contributed by atoms with Crippen molar-refractivity contribution in [3.05, 3.63) is 211 Å². The zero-order chi connectivity index (χ0) is 61.9. The molecule has 8 heteroatoms. The molecule has 8 aromatic rings. The molecular formula is C78H96N4O4. The third kappa shape index (κ3) is 15.4. The lowest BCUT2D eigenvalue weighted by molar-refractivity contribution is 0.251. The van der Waals surface area contributed by atoms with Gasteiger partial charge in [0, 0.05) is 37.1 Å². The molecule has 9 rings (SSSR count). The zero-order valence-electron chi connectivity index (χ0n) is 55.2. The van der Waals surface area contributed by atoms with E-state index in [2.05, 4.69) is 184 Å². The first-order chi connectivity index (χ1) is 40.6. The van der Waals surface area contributed by atoms with Crippen LogP contribution in [-0.4, -0.2) is 33.1 Å². The standard InChI is InChI=1S/C78H96N4O4/c1-19-49(3)45-83-71-53-33-57-41-63(77(13,14)15)43-59(73(57)85-47-65-27-23-31-69(81-65)67-29-21-25-51(5)79-67)35-55-39-62(76(10,11)12)40-56(72(55)84-46-50(4)20-2)36-60-44-64(78(16,17)18)42-58(34-54(71)38-61(37-53)75(7,8)9)74(60)86-48-66-28-24-32-70(82-66)68-30-22-26-52(6)80-68/h21-32,37-44,49-50H,19-20,33-36,45-48H2,1-18H3. The molecule has 2 atom stereocenters. The lowest BCUT2D eigenvalue weighted by Crippen LogP contribution is -2.18. The molecule has 2 unspecified atom stereocenters. The van der Waals surface area contributed by atoms with Gasteiger partial charge in [0.1, 0.15) is 36.2 Å². The third-order valence-corrected chi connectivity index (χ3v) is 17.0. The molecule has 452 valence electrons. The van der Waals surface area contributed by atoms with Crippen molar-refractivity contribution in [1.29, 1.82) is 0 Å². The van der Waals surface area contributed by atoms with Crippen molar-refractivity contribution in [3.8, 4) is 45.8 Å². The van der Waals surface area contributed by atoms with E-state index in [9.17, 15) is 0 Å². The summed E-state index contributed by atoms with van der Waals surface area (Å²) in [4.78, 5) is 20.1. The van der Waals surface area contributed by atoms with Gasteiger partial charge in [-0.25, -0.2) is 9.97 Å². The zero-order valence-corrected chi connectivity index (χ0v) is 55.2. The SMILES string of the molecule is CCC(C)COc1c2cc(C(C)(C)C)cc1Cc1cc(C(C)(C)C)cc(c1OCc1cccc(-c3cccc(C)n3)n1)Cc1cc(C(C)(C)C)cc(c1OCC(C)CC)Cc1cc(C(C)(C)C)cc(c1OCc1cccc(-c3cccc(C)n3)n1)C2. The molecule has 0 radical (unpaired) electrons. The van der Waals surface area contributed by atoms with E-state index in [0.717, 1.165) is 126 Å². The number of aromatic nitrogens is 4. The van der Waals surface area contributed by atoms with E-state index >= 15 is 0 Å². The monoisotopic (exact) mass is 1150 g/mol. The number of hydrogen-bond donors (Lipinski definition) is 0. The minimum atomic E-state index is -0.195. The smallest absolute Gasteiger partial charge is 0.130 e. The Morgan fingerprint density at radius 1 is 0.349 bits per heavy atom. The van der Waals surface area contributed by atoms with Gasteiger partial charge in [-0.05, 0) is 163 Å². The molecule has 86 heavy (non-hydrogen) atoms. The molecule has 8 nitrogen and oxygen atoms in total. The Morgan fingerprint density at radius 2 is 0.593 bits per heavy atom. The van der Waals surface area contributed by atoms with Crippen molar-refractivity contribution in [2.75, 3.05) is 13.2 Å². The molecular weight excluding hydrogens is 1060 g/mol. The molecule has 0 spiro atoms. The fraction of sp³-hybridized carbons (Fsp3) is 0.436. The van der Waals surface area contributed by atoms with Crippen molar-refractivity contribution >= 4 is 0 Å². The van der Waals surface area contributed by atoms with Crippen LogP contribution in [-0.2, 0) is 60.6 Å². The Bertz CT molecular complexity index is 3360. The summed E-state index contributed by atoms with van der Waals surface area (Å²) in [5, 5.41) is 0. The minimum absolute atomic E-state index is 0.194. The lowest BCUT2D eigenvalue weighted by atomic mass is 9.79. The Morgan fingerprint density at radius 3 is 0.837 bits per heavy atom. The van der Waals surface area contributed by atoms with Crippen LogP contribution in [0.1, 0.15) is 213 Å². The molecule has 0 saturated carbocycles. The number of fused-ring (bicyclic) bond motifs is 8. The van der Waals surface area contributed by atoms with Gasteiger partial charge in [0.25, 0.3) is 0 Å². The molecule has 0 aliphatic heterocycles. The van der Waals surface area contributed by atoms with Crippen LogP contribution in [0, 0.1) is 25.7 Å². The highest BCUT2D eigenvalue weighted by Gasteiger charge is 2.30. The average molecular weight is 1150 g/mol. The van der Waals surface area contributed by atoms with Gasteiger partial charge in [-0.2, -0.15) is 0 Å². The maximum absolute atomic E-state index is 7.44. The summed E-state index contributed by atoms with van der Waals surface area (Å²) in [6.07, 6.45) is 4.27. The van der Waals surface area contributed by atoms with E-state index in [1.54, 1.807) is 0 Å². The topological polar surface area (TPSA) is 88.5 Å². The van der Waals surface area contributed by atoms with Crippen LogP contribution >= 0.6 is 0 Å². The Kier molecular flexibility index (Phi) is 19.1. The highest BCUT2D eigenvalue weighted by molar-refractivity contribution is 5.61. The number of pyridine rings is 4. The highest BCUT2D eigenvalue weighted by Crippen LogP contribution is 2.45. The fourth-order valence-corrected chi connectivity index (χ4v) is 11.1. The second kappa shape index (κ2) is 25.9. The van der Waals surface area contributed by atoms with Crippen molar-refractivity contribution < 1.29 is 18.9 Å². The predicted octanol–water partition coefficient (Wildman–Crippen LogP) is 19.1. The third-order valence-electron chi connectivity index (χ3n) is 17.0. The van der Waals surface area contributed by atoms with E-state index in [0.29, 0.717) is 50.7 Å². The maximum Gasteiger partial charge on any atom is 0.130 e. The molecule has 1 aliphatic carbocycles. The van der Waals surface area contributed by atoms with Crippen LogP contribution in [0.25, 0.3) is 22.8 Å². The van der Waals surface area contributed by atoms with Crippen molar-refractivity contribution in [1.82, 2.24) is 19.9 Å². The van der Waals surface area contributed by atoms with Crippen LogP contribution in [0.2, 0.25) is 0 Å². The summed E-state index contributed by atoms with van der Waals surface area (Å²) in [7, 11) is 0. The molecule has 8 bridgehead atoms. The number of nitrogens with zero attached hydrogens (tertiary/aromatic N) is 4. The quantitative estimate of drug-likeness (QED) is 0.0945. The largest absolute Gasteiger partial charge is 0.493 e. The summed E-state index contributed by atoms with van der Waals surface area (Å²) in [5.74, 6) is 4.25. The van der Waals surface area contributed by atoms with Crippen molar-refractivity contribution in [2.24, 2.45) is 11.8 Å². The number of ether oxygens (including phenoxy) is 4. The van der Waals surface area contributed by atoms with Crippen LogP contribution in [0.4, 0.5) is 0 Å². The van der Waals surface area contributed by atoms with Gasteiger partial charge in [0.15, 0.2) is 0 Å². The van der Waals surface area contributed by atoms with E-state index in [4.69, 9.17) is 38.9 Å². The van der Waals surface area contributed by atoms with Crippen LogP contribution in [0.3, 0.4) is 0 Å². The molecule has 0 N–H and O–H groups in total. The molecule has 4 aromatic carbocycles. The second-order valence-electron chi connectivity index (χ2n) is 28.8. The van der Waals surface area contributed by atoms with Gasteiger partial charge in [-0.3, -0.25) is 9.97 Å². The molecule has 4 aromatic heterocycles. The van der Waals surface area contributed by atoms with Crippen LogP contribution < -0.4 is 18.9 Å².